The van der Waals surface area contributed by atoms with Crippen molar-refractivity contribution in [3.05, 3.63) is 52.0 Å². The molecule has 1 N–H and O–H groups in total. The van der Waals surface area contributed by atoms with E-state index in [1.807, 2.05) is 41.8 Å². The fourth-order valence-electron chi connectivity index (χ4n) is 4.02. The lowest BCUT2D eigenvalue weighted by atomic mass is 9.88. The molecule has 0 spiro atoms. The fourth-order valence-corrected chi connectivity index (χ4v) is 5.12. The van der Waals surface area contributed by atoms with Crippen molar-refractivity contribution >= 4 is 33.4 Å². The molecule has 0 atom stereocenters. The van der Waals surface area contributed by atoms with Gasteiger partial charge in [-0.3, -0.25) is 9.48 Å². The molecular weight excluding hydrogens is 374 g/mol. The zero-order valence-electron chi connectivity index (χ0n) is 16.0. The molecule has 4 rings (SSSR count). The minimum atomic E-state index is -0.877. The Morgan fingerprint density at radius 3 is 2.64 bits per heavy atom. The lowest BCUT2D eigenvalue weighted by molar-refractivity contribution is 0.0694. The number of thiophene rings is 1. The Labute approximate surface area is 167 Å². The largest absolute Gasteiger partial charge is 0.478 e. The van der Waals surface area contributed by atoms with E-state index in [0.717, 1.165) is 45.6 Å². The van der Waals surface area contributed by atoms with Crippen LogP contribution in [0.5, 0.6) is 0 Å². The maximum Gasteiger partial charge on any atom is 0.335 e. The Balaban J connectivity index is 1.41. The summed E-state index contributed by atoms with van der Waals surface area (Å²) in [5.41, 5.74) is 2.21. The maximum absolute atomic E-state index is 12.9. The van der Waals surface area contributed by atoms with Gasteiger partial charge in [-0.1, -0.05) is 18.2 Å². The van der Waals surface area contributed by atoms with E-state index in [1.165, 1.54) is 11.3 Å². The number of carboxylic acids is 1. The van der Waals surface area contributed by atoms with Crippen LogP contribution < -0.4 is 0 Å². The first-order valence-corrected chi connectivity index (χ1v) is 10.3. The quantitative estimate of drug-likeness (QED) is 0.728. The Morgan fingerprint density at radius 2 is 1.96 bits per heavy atom. The van der Waals surface area contributed by atoms with Gasteiger partial charge in [-0.2, -0.15) is 5.10 Å². The van der Waals surface area contributed by atoms with Crippen molar-refractivity contribution in [2.45, 2.75) is 26.2 Å². The van der Waals surface area contributed by atoms with E-state index in [4.69, 9.17) is 0 Å². The highest BCUT2D eigenvalue weighted by Crippen LogP contribution is 2.30. The highest BCUT2D eigenvalue weighted by molar-refractivity contribution is 7.20. The zero-order valence-corrected chi connectivity index (χ0v) is 16.8. The summed E-state index contributed by atoms with van der Waals surface area (Å²) in [6.07, 6.45) is 2.54. The molecule has 3 aromatic rings. The number of aromatic nitrogens is 2. The number of amides is 1. The summed E-state index contributed by atoms with van der Waals surface area (Å²) in [5, 5.41) is 14.8. The van der Waals surface area contributed by atoms with Gasteiger partial charge in [0.15, 0.2) is 0 Å². The molecule has 1 saturated heterocycles. The molecule has 0 aliphatic carbocycles. The zero-order chi connectivity index (χ0) is 19.8. The Kier molecular flexibility index (Phi) is 4.93. The monoisotopic (exact) mass is 397 g/mol. The molecule has 7 heteroatoms. The molecule has 0 radical (unpaired) electrons. The van der Waals surface area contributed by atoms with Crippen molar-refractivity contribution in [1.82, 2.24) is 14.7 Å². The number of hydrogen-bond donors (Lipinski definition) is 1. The van der Waals surface area contributed by atoms with Crippen molar-refractivity contribution in [3.8, 4) is 0 Å². The van der Waals surface area contributed by atoms with Crippen LogP contribution in [-0.4, -0.2) is 44.8 Å². The van der Waals surface area contributed by atoms with Crippen LogP contribution in [0.25, 0.3) is 10.2 Å². The number of carbonyl (C=O) groups is 2. The van der Waals surface area contributed by atoms with Crippen LogP contribution in [0.15, 0.2) is 30.3 Å². The van der Waals surface area contributed by atoms with Gasteiger partial charge in [0.1, 0.15) is 4.83 Å². The fraction of sp³-hybridized carbons (Fsp3) is 0.381. The third-order valence-corrected chi connectivity index (χ3v) is 6.75. The highest BCUT2D eigenvalue weighted by atomic mass is 32.1. The van der Waals surface area contributed by atoms with Crippen molar-refractivity contribution < 1.29 is 14.7 Å². The number of carbonyl (C=O) groups excluding carboxylic acids is 1. The van der Waals surface area contributed by atoms with Crippen molar-refractivity contribution in [3.63, 3.8) is 0 Å². The number of aryl methyl sites for hydroxylation is 2. The molecule has 6 nitrogen and oxygen atoms in total. The average Bonchev–Trinajstić information content (AvgIpc) is 3.24. The number of fused-ring (bicyclic) bond motifs is 1. The second kappa shape index (κ2) is 7.39. The van der Waals surface area contributed by atoms with E-state index < -0.39 is 5.97 Å². The van der Waals surface area contributed by atoms with Crippen LogP contribution >= 0.6 is 11.3 Å². The molecule has 146 valence electrons. The molecule has 1 aromatic carbocycles. The summed E-state index contributed by atoms with van der Waals surface area (Å²) >= 11 is 1.50. The van der Waals surface area contributed by atoms with Crippen LogP contribution in [0, 0.1) is 12.8 Å². The van der Waals surface area contributed by atoms with Crippen LogP contribution in [0.2, 0.25) is 0 Å². The molecule has 1 fully saturated rings. The van der Waals surface area contributed by atoms with Crippen LogP contribution in [0.4, 0.5) is 0 Å². The van der Waals surface area contributed by atoms with Gasteiger partial charge < -0.3 is 10.0 Å². The average molecular weight is 398 g/mol. The van der Waals surface area contributed by atoms with Crippen molar-refractivity contribution in [2.75, 3.05) is 13.1 Å². The van der Waals surface area contributed by atoms with Crippen LogP contribution in [-0.2, 0) is 13.5 Å². The summed E-state index contributed by atoms with van der Waals surface area (Å²) in [4.78, 5) is 28.0. The van der Waals surface area contributed by atoms with E-state index in [9.17, 15) is 14.7 Å². The molecule has 0 bridgehead atoms. The second-order valence-electron chi connectivity index (χ2n) is 7.44. The van der Waals surface area contributed by atoms with Gasteiger partial charge in [-0.05, 0) is 49.8 Å². The van der Waals surface area contributed by atoms with Crippen LogP contribution in [0.1, 0.15) is 44.1 Å². The lowest BCUT2D eigenvalue weighted by Gasteiger charge is -2.32. The second-order valence-corrected chi connectivity index (χ2v) is 8.47. The predicted molar refractivity (Wildman–Crippen MR) is 109 cm³/mol. The smallest absolute Gasteiger partial charge is 0.335 e. The highest BCUT2D eigenvalue weighted by Gasteiger charge is 2.26. The Bertz CT molecular complexity index is 1010. The lowest BCUT2D eigenvalue weighted by Crippen LogP contribution is -2.38. The first-order chi connectivity index (χ1) is 13.4. The molecule has 2 aromatic heterocycles. The van der Waals surface area contributed by atoms with Gasteiger partial charge in [-0.15, -0.1) is 11.3 Å². The van der Waals surface area contributed by atoms with E-state index in [0.29, 0.717) is 24.6 Å². The van der Waals surface area contributed by atoms with E-state index in [-0.39, 0.29) is 5.91 Å². The SMILES string of the molecule is Cc1nn(C)c2sc(C(=O)N3CCC(Cc4ccccc4C(=O)O)CC3)cc12. The van der Waals surface area contributed by atoms with Gasteiger partial charge in [0.25, 0.3) is 5.91 Å². The summed E-state index contributed by atoms with van der Waals surface area (Å²) in [6.45, 7) is 3.39. The topological polar surface area (TPSA) is 75.4 Å². The van der Waals surface area contributed by atoms with Gasteiger partial charge in [0.2, 0.25) is 0 Å². The number of rotatable bonds is 4. The van der Waals surface area contributed by atoms with Crippen molar-refractivity contribution in [2.24, 2.45) is 13.0 Å². The number of carboxylic acid groups (broad SMARTS) is 1. The van der Waals surface area contributed by atoms with E-state index in [2.05, 4.69) is 5.10 Å². The predicted octanol–water partition coefficient (Wildman–Crippen LogP) is 3.74. The summed E-state index contributed by atoms with van der Waals surface area (Å²) in [7, 11) is 1.90. The first kappa shape index (κ1) is 18.7. The minimum Gasteiger partial charge on any atom is -0.478 e. The summed E-state index contributed by atoms with van der Waals surface area (Å²) < 4.78 is 1.83. The van der Waals surface area contributed by atoms with Gasteiger partial charge in [0.05, 0.1) is 16.1 Å². The molecule has 1 aliphatic rings. The molecule has 1 amide bonds. The molecule has 1 aliphatic heterocycles. The number of benzene rings is 1. The van der Waals surface area contributed by atoms with Gasteiger partial charge in [-0.25, -0.2) is 4.79 Å². The Hall–Kier alpha value is -2.67. The summed E-state index contributed by atoms with van der Waals surface area (Å²) in [6, 6.07) is 9.16. The standard InChI is InChI=1S/C21H23N3O3S/c1-13-17-12-18(28-20(17)23(2)22-13)19(25)24-9-7-14(8-10-24)11-15-5-3-4-6-16(15)21(26)27/h3-6,12,14H,7-11H2,1-2H3,(H,26,27). The summed E-state index contributed by atoms with van der Waals surface area (Å²) in [5.74, 6) is -0.388. The molecule has 28 heavy (non-hydrogen) atoms. The Morgan fingerprint density at radius 1 is 1.25 bits per heavy atom. The molecule has 3 heterocycles. The number of nitrogens with zero attached hydrogens (tertiary/aromatic N) is 3. The number of piperidine rings is 1. The van der Waals surface area contributed by atoms with Gasteiger partial charge >= 0.3 is 5.97 Å². The number of likely N-dealkylation sites (tertiary alicyclic amines) is 1. The maximum atomic E-state index is 12.9. The molecule has 0 saturated carbocycles. The normalized spacial score (nSPS) is 15.3. The van der Waals surface area contributed by atoms with E-state index >= 15 is 0 Å². The minimum absolute atomic E-state index is 0.0880. The van der Waals surface area contributed by atoms with Crippen LogP contribution in [0.3, 0.4) is 0 Å². The van der Waals surface area contributed by atoms with Gasteiger partial charge in [0, 0.05) is 25.5 Å². The third-order valence-electron chi connectivity index (χ3n) is 5.57. The first-order valence-electron chi connectivity index (χ1n) is 9.47. The molecular formula is C21H23N3O3S. The number of aromatic carboxylic acids is 1. The number of hydrogen-bond acceptors (Lipinski definition) is 4. The van der Waals surface area contributed by atoms with E-state index in [1.54, 1.807) is 12.1 Å². The molecule has 0 unspecified atom stereocenters. The van der Waals surface area contributed by atoms with Crippen molar-refractivity contribution in [1.29, 1.82) is 0 Å². The third kappa shape index (κ3) is 3.42.